The molecule has 2 fully saturated rings. The first kappa shape index (κ1) is 20.4. The van der Waals surface area contributed by atoms with Crippen molar-refractivity contribution in [1.29, 1.82) is 0 Å². The number of hydrogen-bond acceptors (Lipinski definition) is 4. The number of ether oxygens (including phenoxy) is 1. The lowest BCUT2D eigenvalue weighted by atomic mass is 9.89. The predicted octanol–water partition coefficient (Wildman–Crippen LogP) is 4.71. The molecule has 1 amide bonds. The Kier molecular flexibility index (Phi) is 5.21. The second-order valence-electron chi connectivity index (χ2n) is 10.3. The zero-order valence-corrected chi connectivity index (χ0v) is 18.1. The smallest absolute Gasteiger partial charge is 0.413 e. The Balaban J connectivity index is 2.18. The fourth-order valence-corrected chi connectivity index (χ4v) is 4.73. The van der Waals surface area contributed by atoms with Crippen LogP contribution in [0.3, 0.4) is 0 Å². The van der Waals surface area contributed by atoms with Gasteiger partial charge in [0, 0.05) is 11.5 Å². The van der Waals surface area contributed by atoms with Gasteiger partial charge in [0.05, 0.1) is 0 Å². The van der Waals surface area contributed by atoms with Crippen LogP contribution in [0.25, 0.3) is 0 Å². The highest BCUT2D eigenvalue weighted by Gasteiger charge is 2.55. The summed E-state index contributed by atoms with van der Waals surface area (Å²) in [5, 5.41) is 0.0274. The molecule has 144 valence electrons. The van der Waals surface area contributed by atoms with Gasteiger partial charge in [-0.2, -0.15) is 0 Å². The number of carbonyl (C=O) groups is 2. The molecule has 0 aromatic heterocycles. The number of nitrogens with zero attached hydrogens (tertiary/aromatic N) is 1. The fraction of sp³-hybridized carbons (Fsp3) is 0.895. The molecule has 0 spiro atoms. The highest BCUT2D eigenvalue weighted by molar-refractivity contribution is 6.74. The number of rotatable bonds is 4. The Morgan fingerprint density at radius 3 is 2.08 bits per heavy atom. The van der Waals surface area contributed by atoms with Gasteiger partial charge >= 0.3 is 6.09 Å². The Bertz CT molecular complexity index is 525. The van der Waals surface area contributed by atoms with Crippen molar-refractivity contribution >= 4 is 20.7 Å². The van der Waals surface area contributed by atoms with Gasteiger partial charge in [0.2, 0.25) is 6.29 Å². The van der Waals surface area contributed by atoms with E-state index in [1.807, 2.05) is 20.8 Å². The van der Waals surface area contributed by atoms with E-state index in [1.54, 1.807) is 4.90 Å². The van der Waals surface area contributed by atoms with Crippen LogP contribution in [0.2, 0.25) is 18.1 Å². The molecule has 25 heavy (non-hydrogen) atoms. The molecule has 2 heterocycles. The molecule has 0 aromatic rings. The van der Waals surface area contributed by atoms with Crippen LogP contribution in [0.4, 0.5) is 4.79 Å². The number of carbonyl (C=O) groups excluding carboxylic acids is 2. The van der Waals surface area contributed by atoms with Crippen molar-refractivity contribution < 1.29 is 18.8 Å². The molecular formula is C19H35NO4Si. The SMILES string of the molecule is CC(C)(C)C(OC(=O)N1C2CCC1(C=O)CC2)O[Si](C)(C)C(C)(C)C. The van der Waals surface area contributed by atoms with E-state index in [0.717, 1.165) is 32.0 Å². The van der Waals surface area contributed by atoms with E-state index in [0.29, 0.717) is 0 Å². The first-order valence-corrected chi connectivity index (χ1v) is 12.3. The van der Waals surface area contributed by atoms with Crippen molar-refractivity contribution in [3.05, 3.63) is 0 Å². The van der Waals surface area contributed by atoms with Crippen molar-refractivity contribution in [3.63, 3.8) is 0 Å². The molecule has 0 aliphatic carbocycles. The van der Waals surface area contributed by atoms with Crippen molar-refractivity contribution in [3.8, 4) is 0 Å². The van der Waals surface area contributed by atoms with E-state index in [9.17, 15) is 9.59 Å². The summed E-state index contributed by atoms with van der Waals surface area (Å²) in [4.78, 5) is 26.3. The Morgan fingerprint density at radius 2 is 1.68 bits per heavy atom. The lowest BCUT2D eigenvalue weighted by Gasteiger charge is -2.43. The number of fused-ring (bicyclic) bond motifs is 2. The third-order valence-corrected chi connectivity index (χ3v) is 10.6. The average Bonchev–Trinajstić information content (AvgIpc) is 3.00. The molecule has 0 N–H and O–H groups in total. The fourth-order valence-electron chi connectivity index (χ4n) is 3.44. The van der Waals surface area contributed by atoms with Crippen LogP contribution in [0, 0.1) is 5.41 Å². The summed E-state index contributed by atoms with van der Waals surface area (Å²) in [5.74, 6) is 0. The predicted molar refractivity (Wildman–Crippen MR) is 101 cm³/mol. The number of hydrogen-bond donors (Lipinski definition) is 0. The topological polar surface area (TPSA) is 55.8 Å². The maximum atomic E-state index is 12.9. The third-order valence-electron chi connectivity index (χ3n) is 6.20. The Labute approximate surface area is 153 Å². The summed E-state index contributed by atoms with van der Waals surface area (Å²) in [6, 6.07) is 0.131. The van der Waals surface area contributed by atoms with Gasteiger partial charge in [-0.15, -0.1) is 0 Å². The summed E-state index contributed by atoms with van der Waals surface area (Å²) < 4.78 is 12.3. The van der Waals surface area contributed by atoms with Gasteiger partial charge in [-0.3, -0.25) is 4.90 Å². The standard InChI is InChI=1S/C19H35NO4Si/c1-17(2,3)15(24-25(7,8)18(4,5)6)23-16(22)20-14-9-11-19(20,13-21)12-10-14/h13-15H,9-12H2,1-8H3. The van der Waals surface area contributed by atoms with Crippen LogP contribution in [0.5, 0.6) is 0 Å². The van der Waals surface area contributed by atoms with E-state index < -0.39 is 26.2 Å². The minimum Gasteiger partial charge on any atom is -0.420 e. The molecule has 0 radical (unpaired) electrons. The van der Waals surface area contributed by atoms with Gasteiger partial charge in [0.15, 0.2) is 8.32 Å². The van der Waals surface area contributed by atoms with Crippen LogP contribution < -0.4 is 0 Å². The highest BCUT2D eigenvalue weighted by atomic mass is 28.4. The zero-order valence-electron chi connectivity index (χ0n) is 17.1. The lowest BCUT2D eigenvalue weighted by molar-refractivity contribution is -0.127. The Morgan fingerprint density at radius 1 is 1.16 bits per heavy atom. The normalized spacial score (nSPS) is 28.2. The van der Waals surface area contributed by atoms with Crippen LogP contribution in [0.1, 0.15) is 67.2 Å². The number of amides is 1. The van der Waals surface area contributed by atoms with Crippen LogP contribution in [-0.2, 0) is 14.0 Å². The summed E-state index contributed by atoms with van der Waals surface area (Å²) >= 11 is 0. The molecule has 2 rings (SSSR count). The average molecular weight is 370 g/mol. The summed E-state index contributed by atoms with van der Waals surface area (Å²) in [6.45, 7) is 16.9. The van der Waals surface area contributed by atoms with Gasteiger partial charge < -0.3 is 14.0 Å². The molecule has 1 unspecified atom stereocenters. The van der Waals surface area contributed by atoms with Gasteiger partial charge in [-0.25, -0.2) is 4.79 Å². The number of aldehydes is 1. The molecule has 5 nitrogen and oxygen atoms in total. The highest BCUT2D eigenvalue weighted by Crippen LogP contribution is 2.46. The molecule has 6 heteroatoms. The molecule has 2 aliphatic rings. The zero-order chi connectivity index (χ0) is 19.3. The van der Waals surface area contributed by atoms with E-state index in [2.05, 4.69) is 33.9 Å². The minimum atomic E-state index is -2.09. The quantitative estimate of drug-likeness (QED) is 0.409. The molecule has 2 saturated heterocycles. The van der Waals surface area contributed by atoms with Crippen molar-refractivity contribution in [1.82, 2.24) is 4.90 Å². The van der Waals surface area contributed by atoms with Crippen LogP contribution in [-0.4, -0.2) is 43.5 Å². The van der Waals surface area contributed by atoms with Crippen molar-refractivity contribution in [2.75, 3.05) is 0 Å². The summed E-state index contributed by atoms with van der Waals surface area (Å²) in [7, 11) is -2.09. The van der Waals surface area contributed by atoms with Gasteiger partial charge in [0.25, 0.3) is 0 Å². The van der Waals surface area contributed by atoms with Crippen molar-refractivity contribution in [2.45, 2.75) is 103 Å². The second kappa shape index (κ2) is 6.37. The summed E-state index contributed by atoms with van der Waals surface area (Å²) in [6.07, 6.45) is 3.20. The van der Waals surface area contributed by atoms with E-state index in [-0.39, 0.29) is 16.5 Å². The van der Waals surface area contributed by atoms with Gasteiger partial charge in [-0.1, -0.05) is 41.5 Å². The molecule has 2 bridgehead atoms. The monoisotopic (exact) mass is 369 g/mol. The van der Waals surface area contributed by atoms with E-state index in [4.69, 9.17) is 9.16 Å². The lowest BCUT2D eigenvalue weighted by Crippen LogP contribution is -2.52. The first-order valence-electron chi connectivity index (χ1n) is 9.38. The molecule has 1 atom stereocenters. The van der Waals surface area contributed by atoms with Crippen molar-refractivity contribution in [2.24, 2.45) is 5.41 Å². The first-order chi connectivity index (χ1) is 11.2. The molecule has 0 aromatic carbocycles. The largest absolute Gasteiger partial charge is 0.420 e. The van der Waals surface area contributed by atoms with Crippen LogP contribution in [0.15, 0.2) is 0 Å². The Hall–Kier alpha value is -0.883. The minimum absolute atomic E-state index is 0.0274. The summed E-state index contributed by atoms with van der Waals surface area (Å²) in [5.41, 5.74) is -0.987. The third kappa shape index (κ3) is 3.80. The van der Waals surface area contributed by atoms with E-state index >= 15 is 0 Å². The van der Waals surface area contributed by atoms with Crippen LogP contribution >= 0.6 is 0 Å². The van der Waals surface area contributed by atoms with E-state index in [1.165, 1.54) is 0 Å². The van der Waals surface area contributed by atoms with Gasteiger partial charge in [0.1, 0.15) is 11.8 Å². The second-order valence-corrected chi connectivity index (χ2v) is 15.0. The maximum Gasteiger partial charge on any atom is 0.413 e. The van der Waals surface area contributed by atoms with Gasteiger partial charge in [-0.05, 0) is 43.8 Å². The molecule has 2 aliphatic heterocycles. The molecular weight excluding hydrogens is 334 g/mol. The maximum absolute atomic E-state index is 12.9. The molecule has 0 saturated carbocycles.